The van der Waals surface area contributed by atoms with Gasteiger partial charge in [-0.2, -0.15) is 0 Å². The van der Waals surface area contributed by atoms with E-state index in [0.29, 0.717) is 22.2 Å². The maximum absolute atomic E-state index is 13.4. The fourth-order valence-electron chi connectivity index (χ4n) is 3.45. The number of fused-ring (bicyclic) bond motifs is 1. The summed E-state index contributed by atoms with van der Waals surface area (Å²) in [6, 6.07) is 12.4. The van der Waals surface area contributed by atoms with Gasteiger partial charge in [0.2, 0.25) is 0 Å². The van der Waals surface area contributed by atoms with Gasteiger partial charge in [0.15, 0.2) is 5.82 Å². The zero-order valence-corrected chi connectivity index (χ0v) is 16.6. The second-order valence-electron chi connectivity index (χ2n) is 6.97. The van der Waals surface area contributed by atoms with E-state index in [1.165, 1.54) is 17.0 Å². The van der Waals surface area contributed by atoms with E-state index in [9.17, 15) is 9.18 Å². The zero-order valence-electron chi connectivity index (χ0n) is 15.8. The Morgan fingerprint density at radius 2 is 1.90 bits per heavy atom. The molecule has 150 valence electrons. The molecule has 2 heterocycles. The molecular formula is C21H21ClFN5O. The van der Waals surface area contributed by atoms with E-state index in [0.717, 1.165) is 38.1 Å². The van der Waals surface area contributed by atoms with Crippen molar-refractivity contribution in [1.82, 2.24) is 14.8 Å². The normalized spacial score (nSPS) is 13.4. The highest BCUT2D eigenvalue weighted by Gasteiger charge is 2.22. The number of aromatic nitrogens is 3. The Balaban J connectivity index is 1.64. The molecule has 1 aliphatic heterocycles. The van der Waals surface area contributed by atoms with Crippen LogP contribution in [0.3, 0.4) is 0 Å². The topological polar surface area (TPSA) is 63.1 Å². The minimum absolute atomic E-state index is 0.217. The molecule has 0 fully saturated rings. The number of hydrogen-bond donors (Lipinski definition) is 1. The van der Waals surface area contributed by atoms with E-state index in [1.807, 2.05) is 0 Å². The quantitative estimate of drug-likeness (QED) is 0.652. The van der Waals surface area contributed by atoms with Gasteiger partial charge in [-0.05, 0) is 49.2 Å². The molecule has 0 unspecified atom stereocenters. The average molecular weight is 414 g/mol. The molecule has 4 rings (SSSR count). The van der Waals surface area contributed by atoms with Crippen molar-refractivity contribution in [3.05, 3.63) is 71.0 Å². The third kappa shape index (κ3) is 4.40. The molecule has 3 aromatic rings. The maximum atomic E-state index is 13.4. The fourth-order valence-corrected chi connectivity index (χ4v) is 3.63. The van der Waals surface area contributed by atoms with Crippen molar-refractivity contribution in [2.24, 2.45) is 0 Å². The van der Waals surface area contributed by atoms with Crippen molar-refractivity contribution in [1.29, 1.82) is 0 Å². The van der Waals surface area contributed by atoms with Gasteiger partial charge >= 0.3 is 6.03 Å². The first-order valence-electron chi connectivity index (χ1n) is 9.61. The molecule has 0 spiro atoms. The molecule has 0 aliphatic carbocycles. The molecule has 1 N–H and O–H groups in total. The molecule has 2 amide bonds. The molecular weight excluding hydrogens is 393 g/mol. The fraction of sp³-hybridized carbons (Fsp3) is 0.286. The minimum atomic E-state index is -0.379. The molecule has 1 aliphatic rings. The standard InChI is InChI=1S/C21H21ClFN5O/c22-17-6-3-4-7-18(17)24-21(29)28(16-11-9-15(23)10-12-16)14-20-26-25-19-8-2-1-5-13-27(19)20/h3-4,6-7,9-12H,1-2,5,8,13-14H2,(H,24,29). The number of hydrogen-bond acceptors (Lipinski definition) is 3. The molecule has 0 atom stereocenters. The van der Waals surface area contributed by atoms with Crippen molar-refractivity contribution in [2.75, 3.05) is 10.2 Å². The van der Waals surface area contributed by atoms with E-state index in [4.69, 9.17) is 11.6 Å². The summed E-state index contributed by atoms with van der Waals surface area (Å²) in [6.45, 7) is 1.05. The number of nitrogens with zero attached hydrogens (tertiary/aromatic N) is 4. The van der Waals surface area contributed by atoms with Crippen LogP contribution in [0.4, 0.5) is 20.6 Å². The number of carbonyl (C=O) groups is 1. The zero-order chi connectivity index (χ0) is 20.2. The highest BCUT2D eigenvalue weighted by atomic mass is 35.5. The van der Waals surface area contributed by atoms with Gasteiger partial charge in [-0.15, -0.1) is 10.2 Å². The molecule has 2 aromatic carbocycles. The Hall–Kier alpha value is -2.93. The number of rotatable bonds is 4. The number of aryl methyl sites for hydroxylation is 1. The van der Waals surface area contributed by atoms with Crippen LogP contribution in [0.15, 0.2) is 48.5 Å². The first-order chi connectivity index (χ1) is 14.1. The number of anilines is 2. The SMILES string of the molecule is O=C(Nc1ccccc1Cl)N(Cc1nnc2n1CCCCC2)c1ccc(F)cc1. The molecule has 29 heavy (non-hydrogen) atoms. The third-order valence-electron chi connectivity index (χ3n) is 4.98. The second kappa shape index (κ2) is 8.61. The largest absolute Gasteiger partial charge is 0.326 e. The highest BCUT2D eigenvalue weighted by Crippen LogP contribution is 2.24. The number of benzene rings is 2. The van der Waals surface area contributed by atoms with E-state index in [1.54, 1.807) is 36.4 Å². The van der Waals surface area contributed by atoms with Crippen molar-refractivity contribution >= 4 is 29.0 Å². The van der Waals surface area contributed by atoms with Crippen molar-refractivity contribution in [3.63, 3.8) is 0 Å². The number of para-hydroxylation sites is 1. The second-order valence-corrected chi connectivity index (χ2v) is 7.37. The summed E-state index contributed by atoms with van der Waals surface area (Å²) in [5.41, 5.74) is 1.06. The minimum Gasteiger partial charge on any atom is -0.313 e. The lowest BCUT2D eigenvalue weighted by molar-refractivity contribution is 0.256. The number of nitrogens with one attached hydrogen (secondary N) is 1. The van der Waals surface area contributed by atoms with Crippen LogP contribution in [-0.4, -0.2) is 20.8 Å². The Morgan fingerprint density at radius 1 is 1.10 bits per heavy atom. The van der Waals surface area contributed by atoms with Gasteiger partial charge < -0.3 is 9.88 Å². The van der Waals surface area contributed by atoms with E-state index in [-0.39, 0.29) is 18.4 Å². The van der Waals surface area contributed by atoms with Crippen LogP contribution in [0.2, 0.25) is 5.02 Å². The summed E-state index contributed by atoms with van der Waals surface area (Å²) in [6.07, 6.45) is 4.18. The maximum Gasteiger partial charge on any atom is 0.326 e. The summed E-state index contributed by atoms with van der Waals surface area (Å²) < 4.78 is 15.5. The summed E-state index contributed by atoms with van der Waals surface area (Å²) in [5, 5.41) is 11.9. The summed E-state index contributed by atoms with van der Waals surface area (Å²) >= 11 is 6.19. The Bertz CT molecular complexity index is 1000. The smallest absolute Gasteiger partial charge is 0.313 e. The predicted octanol–water partition coefficient (Wildman–Crippen LogP) is 5.04. The first-order valence-corrected chi connectivity index (χ1v) is 9.99. The summed E-state index contributed by atoms with van der Waals surface area (Å²) in [5.74, 6) is 1.29. The van der Waals surface area contributed by atoms with Gasteiger partial charge in [-0.1, -0.05) is 30.2 Å². The van der Waals surface area contributed by atoms with Gasteiger partial charge in [-0.25, -0.2) is 9.18 Å². The molecule has 0 bridgehead atoms. The number of carbonyl (C=O) groups excluding carboxylic acids is 1. The van der Waals surface area contributed by atoms with Crippen molar-refractivity contribution in [3.8, 4) is 0 Å². The lowest BCUT2D eigenvalue weighted by Gasteiger charge is -2.23. The lowest BCUT2D eigenvalue weighted by atomic mass is 10.2. The molecule has 0 saturated carbocycles. The highest BCUT2D eigenvalue weighted by molar-refractivity contribution is 6.33. The monoisotopic (exact) mass is 413 g/mol. The van der Waals surface area contributed by atoms with Gasteiger partial charge in [0.1, 0.15) is 11.6 Å². The van der Waals surface area contributed by atoms with E-state index in [2.05, 4.69) is 20.1 Å². The van der Waals surface area contributed by atoms with Gasteiger partial charge in [0.25, 0.3) is 0 Å². The summed E-state index contributed by atoms with van der Waals surface area (Å²) in [7, 11) is 0. The third-order valence-corrected chi connectivity index (χ3v) is 5.31. The number of urea groups is 1. The molecule has 0 radical (unpaired) electrons. The molecule has 0 saturated heterocycles. The van der Waals surface area contributed by atoms with Crippen LogP contribution in [0.1, 0.15) is 30.9 Å². The van der Waals surface area contributed by atoms with Crippen LogP contribution >= 0.6 is 11.6 Å². The van der Waals surface area contributed by atoms with Crippen LogP contribution in [0, 0.1) is 5.82 Å². The number of halogens is 2. The first kappa shape index (κ1) is 19.4. The predicted molar refractivity (Wildman–Crippen MR) is 111 cm³/mol. The molecule has 8 heteroatoms. The molecule has 6 nitrogen and oxygen atoms in total. The van der Waals surface area contributed by atoms with Crippen LogP contribution in [-0.2, 0) is 19.5 Å². The van der Waals surface area contributed by atoms with Crippen LogP contribution < -0.4 is 10.2 Å². The van der Waals surface area contributed by atoms with Crippen LogP contribution in [0.5, 0.6) is 0 Å². The Kier molecular flexibility index (Phi) is 5.76. The van der Waals surface area contributed by atoms with E-state index >= 15 is 0 Å². The Labute approximate surface area is 173 Å². The van der Waals surface area contributed by atoms with Gasteiger partial charge in [0.05, 0.1) is 17.3 Å². The van der Waals surface area contributed by atoms with Gasteiger partial charge in [-0.3, -0.25) is 4.90 Å². The van der Waals surface area contributed by atoms with Crippen LogP contribution in [0.25, 0.3) is 0 Å². The van der Waals surface area contributed by atoms with Crippen molar-refractivity contribution < 1.29 is 9.18 Å². The molecule has 1 aromatic heterocycles. The average Bonchev–Trinajstić information content (AvgIpc) is 2.94. The Morgan fingerprint density at radius 3 is 2.69 bits per heavy atom. The summed E-state index contributed by atoms with van der Waals surface area (Å²) in [4.78, 5) is 14.6. The number of amides is 2. The van der Waals surface area contributed by atoms with Crippen molar-refractivity contribution in [2.45, 2.75) is 38.8 Å². The lowest BCUT2D eigenvalue weighted by Crippen LogP contribution is -2.35. The van der Waals surface area contributed by atoms with E-state index < -0.39 is 0 Å². The van der Waals surface area contributed by atoms with Gasteiger partial charge in [0, 0.05) is 18.7 Å².